The van der Waals surface area contributed by atoms with Crippen LogP contribution in [0.4, 0.5) is 5.13 Å². The van der Waals surface area contributed by atoms with E-state index in [1.165, 1.54) is 11.3 Å². The maximum atomic E-state index is 13.1. The zero-order valence-corrected chi connectivity index (χ0v) is 17.0. The number of amides is 1. The van der Waals surface area contributed by atoms with Gasteiger partial charge in [-0.2, -0.15) is 0 Å². The Kier molecular flexibility index (Phi) is 5.22. The van der Waals surface area contributed by atoms with Crippen LogP contribution in [0.2, 0.25) is 0 Å². The van der Waals surface area contributed by atoms with E-state index in [0.29, 0.717) is 22.6 Å². The number of aromatic nitrogens is 3. The SMILES string of the molecule is CCN(C(=O)Cn1cc(-c2ccccc2)c(=O)c2ccc(C)cc21)c1nncs1. The van der Waals surface area contributed by atoms with Crippen LogP contribution in [-0.2, 0) is 11.3 Å². The van der Waals surface area contributed by atoms with Gasteiger partial charge in [-0.05, 0) is 37.1 Å². The lowest BCUT2D eigenvalue weighted by molar-refractivity contribution is -0.119. The van der Waals surface area contributed by atoms with E-state index in [0.717, 1.165) is 16.6 Å². The Morgan fingerprint density at radius 1 is 1.17 bits per heavy atom. The van der Waals surface area contributed by atoms with E-state index in [2.05, 4.69) is 10.2 Å². The van der Waals surface area contributed by atoms with Crippen LogP contribution in [0.1, 0.15) is 12.5 Å². The molecular weight excluding hydrogens is 384 g/mol. The lowest BCUT2D eigenvalue weighted by Gasteiger charge is -2.20. The van der Waals surface area contributed by atoms with Gasteiger partial charge in [-0.25, -0.2) is 0 Å². The first-order valence-electron chi connectivity index (χ1n) is 9.34. The van der Waals surface area contributed by atoms with Crippen LogP contribution < -0.4 is 10.3 Å². The number of hydrogen-bond acceptors (Lipinski definition) is 5. The van der Waals surface area contributed by atoms with Crippen molar-refractivity contribution in [1.82, 2.24) is 14.8 Å². The topological polar surface area (TPSA) is 68.1 Å². The van der Waals surface area contributed by atoms with Crippen molar-refractivity contribution in [2.45, 2.75) is 20.4 Å². The van der Waals surface area contributed by atoms with Crippen LogP contribution in [0.5, 0.6) is 0 Å². The van der Waals surface area contributed by atoms with Crippen molar-refractivity contribution in [3.8, 4) is 11.1 Å². The van der Waals surface area contributed by atoms with Crippen LogP contribution in [-0.4, -0.2) is 27.2 Å². The van der Waals surface area contributed by atoms with Gasteiger partial charge in [-0.1, -0.05) is 47.7 Å². The van der Waals surface area contributed by atoms with Gasteiger partial charge in [0.2, 0.25) is 11.0 Å². The molecular formula is C22H20N4O2S. The second-order valence-corrected chi connectivity index (χ2v) is 7.56. The standard InChI is InChI=1S/C22H20N4O2S/c1-3-26(22-24-23-14-29-22)20(27)13-25-12-18(16-7-5-4-6-8-16)21(28)17-10-9-15(2)11-19(17)25/h4-12,14H,3,13H2,1-2H3. The molecule has 0 N–H and O–H groups in total. The predicted molar refractivity (Wildman–Crippen MR) is 116 cm³/mol. The number of rotatable bonds is 5. The summed E-state index contributed by atoms with van der Waals surface area (Å²) in [5.41, 5.74) is 4.76. The van der Waals surface area contributed by atoms with E-state index in [-0.39, 0.29) is 17.9 Å². The molecule has 0 fully saturated rings. The Hall–Kier alpha value is -3.32. The Morgan fingerprint density at radius 3 is 2.66 bits per heavy atom. The lowest BCUT2D eigenvalue weighted by Crippen LogP contribution is -2.34. The Labute approximate surface area is 172 Å². The van der Waals surface area contributed by atoms with E-state index < -0.39 is 0 Å². The van der Waals surface area contributed by atoms with Crippen LogP contribution in [0.25, 0.3) is 22.0 Å². The van der Waals surface area contributed by atoms with Crippen molar-refractivity contribution in [2.24, 2.45) is 0 Å². The minimum absolute atomic E-state index is 0.0358. The van der Waals surface area contributed by atoms with E-state index in [1.54, 1.807) is 16.6 Å². The van der Waals surface area contributed by atoms with Gasteiger partial charge in [0.15, 0.2) is 5.43 Å². The number of hydrogen-bond donors (Lipinski definition) is 0. The third-order valence-electron chi connectivity index (χ3n) is 4.82. The summed E-state index contributed by atoms with van der Waals surface area (Å²) < 4.78 is 1.86. The molecule has 4 aromatic rings. The highest BCUT2D eigenvalue weighted by Crippen LogP contribution is 2.22. The Morgan fingerprint density at radius 2 is 1.97 bits per heavy atom. The number of aryl methyl sites for hydroxylation is 1. The molecule has 0 bridgehead atoms. The predicted octanol–water partition coefficient (Wildman–Crippen LogP) is 3.88. The molecule has 1 amide bonds. The zero-order valence-electron chi connectivity index (χ0n) is 16.2. The quantitative estimate of drug-likeness (QED) is 0.506. The first-order chi connectivity index (χ1) is 14.1. The number of nitrogens with zero attached hydrogens (tertiary/aromatic N) is 4. The smallest absolute Gasteiger partial charge is 0.248 e. The van der Waals surface area contributed by atoms with Crippen molar-refractivity contribution in [3.63, 3.8) is 0 Å². The average Bonchev–Trinajstić information content (AvgIpc) is 3.25. The lowest BCUT2D eigenvalue weighted by atomic mass is 10.0. The monoisotopic (exact) mass is 404 g/mol. The van der Waals surface area contributed by atoms with Gasteiger partial charge in [-0.3, -0.25) is 14.5 Å². The fourth-order valence-corrected chi connectivity index (χ4v) is 4.03. The number of benzene rings is 2. The molecule has 6 nitrogen and oxygen atoms in total. The highest BCUT2D eigenvalue weighted by atomic mass is 32.1. The molecule has 4 rings (SSSR count). The van der Waals surface area contributed by atoms with Gasteiger partial charge in [0.25, 0.3) is 0 Å². The zero-order chi connectivity index (χ0) is 20.4. The molecule has 2 aromatic heterocycles. The van der Waals surface area contributed by atoms with Crippen molar-refractivity contribution in [2.75, 3.05) is 11.4 Å². The molecule has 0 saturated heterocycles. The van der Waals surface area contributed by atoms with Gasteiger partial charge < -0.3 is 4.57 Å². The maximum absolute atomic E-state index is 13.1. The normalized spacial score (nSPS) is 11.0. The number of anilines is 1. The van der Waals surface area contributed by atoms with E-state index in [9.17, 15) is 9.59 Å². The third-order valence-corrected chi connectivity index (χ3v) is 5.54. The van der Waals surface area contributed by atoms with Crippen LogP contribution in [0.3, 0.4) is 0 Å². The highest BCUT2D eigenvalue weighted by molar-refractivity contribution is 7.13. The first-order valence-corrected chi connectivity index (χ1v) is 10.2. The summed E-state index contributed by atoms with van der Waals surface area (Å²) in [5, 5.41) is 9.03. The van der Waals surface area contributed by atoms with E-state index in [4.69, 9.17) is 0 Å². The largest absolute Gasteiger partial charge is 0.337 e. The van der Waals surface area contributed by atoms with E-state index in [1.807, 2.05) is 66.9 Å². The van der Waals surface area contributed by atoms with Gasteiger partial charge in [0, 0.05) is 23.7 Å². The average molecular weight is 404 g/mol. The number of carbonyl (C=O) groups is 1. The first kappa shape index (κ1) is 19.0. The summed E-state index contributed by atoms with van der Waals surface area (Å²) in [6.45, 7) is 4.48. The second-order valence-electron chi connectivity index (χ2n) is 6.75. The number of likely N-dealkylation sites (N-methyl/N-ethyl adjacent to an activating group) is 1. The summed E-state index contributed by atoms with van der Waals surface area (Å²) in [4.78, 5) is 27.8. The summed E-state index contributed by atoms with van der Waals surface area (Å²) in [7, 11) is 0. The number of fused-ring (bicyclic) bond motifs is 1. The molecule has 2 aromatic carbocycles. The summed E-state index contributed by atoms with van der Waals surface area (Å²) in [6, 6.07) is 15.2. The Balaban J connectivity index is 1.84. The molecule has 29 heavy (non-hydrogen) atoms. The fourth-order valence-electron chi connectivity index (χ4n) is 3.39. The molecule has 0 radical (unpaired) electrons. The van der Waals surface area contributed by atoms with Gasteiger partial charge in [0.05, 0.1) is 5.52 Å². The number of carbonyl (C=O) groups excluding carboxylic acids is 1. The molecule has 0 aliphatic carbocycles. The summed E-state index contributed by atoms with van der Waals surface area (Å²) in [5.74, 6) is -0.102. The maximum Gasteiger partial charge on any atom is 0.248 e. The molecule has 2 heterocycles. The number of pyridine rings is 1. The third kappa shape index (κ3) is 3.69. The molecule has 0 saturated carbocycles. The molecule has 0 aliphatic heterocycles. The minimum atomic E-state index is -0.102. The van der Waals surface area contributed by atoms with Crippen molar-refractivity contribution >= 4 is 33.3 Å². The molecule has 0 spiro atoms. The van der Waals surface area contributed by atoms with Crippen LogP contribution >= 0.6 is 11.3 Å². The fraction of sp³-hybridized carbons (Fsp3) is 0.182. The molecule has 146 valence electrons. The second kappa shape index (κ2) is 7.97. The van der Waals surface area contributed by atoms with Crippen molar-refractivity contribution < 1.29 is 4.79 Å². The van der Waals surface area contributed by atoms with Crippen molar-refractivity contribution in [1.29, 1.82) is 0 Å². The highest BCUT2D eigenvalue weighted by Gasteiger charge is 2.19. The molecule has 0 aliphatic rings. The van der Waals surface area contributed by atoms with Crippen LogP contribution in [0.15, 0.2) is 65.0 Å². The van der Waals surface area contributed by atoms with Gasteiger partial charge >= 0.3 is 0 Å². The van der Waals surface area contributed by atoms with E-state index >= 15 is 0 Å². The van der Waals surface area contributed by atoms with Crippen molar-refractivity contribution in [3.05, 3.63) is 76.0 Å². The molecule has 0 atom stereocenters. The molecule has 7 heteroatoms. The van der Waals surface area contributed by atoms with Gasteiger partial charge in [-0.15, -0.1) is 10.2 Å². The van der Waals surface area contributed by atoms with Crippen LogP contribution in [0, 0.1) is 6.92 Å². The summed E-state index contributed by atoms with van der Waals surface area (Å²) in [6.07, 6.45) is 1.78. The Bertz CT molecular complexity index is 1220. The summed E-state index contributed by atoms with van der Waals surface area (Å²) >= 11 is 1.33. The van der Waals surface area contributed by atoms with Gasteiger partial charge in [0.1, 0.15) is 12.1 Å². The minimum Gasteiger partial charge on any atom is -0.337 e. The molecule has 0 unspecified atom stereocenters.